The molecule has 4 aromatic heterocycles. The van der Waals surface area contributed by atoms with Crippen molar-refractivity contribution in [3.8, 4) is 17.2 Å². The number of halogens is 1. The molecule has 1 aromatic carbocycles. The van der Waals surface area contributed by atoms with Gasteiger partial charge in [-0.3, -0.25) is 14.1 Å². The fourth-order valence-corrected chi connectivity index (χ4v) is 4.23. The van der Waals surface area contributed by atoms with Crippen LogP contribution in [-0.4, -0.2) is 47.3 Å². The van der Waals surface area contributed by atoms with Gasteiger partial charge in [-0.15, -0.1) is 0 Å². The zero-order chi connectivity index (χ0) is 21.7. The van der Waals surface area contributed by atoms with Crippen LogP contribution in [0, 0.1) is 5.82 Å². The summed E-state index contributed by atoms with van der Waals surface area (Å²) in [6.45, 7) is 1.17. The van der Waals surface area contributed by atoms with Crippen LogP contribution < -0.4 is 5.69 Å². The number of aromatic amines is 1. The second kappa shape index (κ2) is 7.34. The number of H-pyrrole nitrogens is 1. The first-order valence-electron chi connectivity index (χ1n) is 10.3. The maximum absolute atomic E-state index is 14.0. The summed E-state index contributed by atoms with van der Waals surface area (Å²) in [6, 6.07) is 8.00. The molecule has 0 amide bonds. The molecule has 0 atom stereocenters. The summed E-state index contributed by atoms with van der Waals surface area (Å²) in [4.78, 5) is 33.9. The first-order valence-corrected chi connectivity index (χ1v) is 10.3. The molecule has 1 saturated heterocycles. The van der Waals surface area contributed by atoms with Crippen molar-refractivity contribution < 1.29 is 9.13 Å². The zero-order valence-electron chi connectivity index (χ0n) is 16.9. The van der Waals surface area contributed by atoms with Crippen molar-refractivity contribution in [2.24, 2.45) is 0 Å². The van der Waals surface area contributed by atoms with Gasteiger partial charge >= 0.3 is 5.69 Å². The maximum atomic E-state index is 14.0. The summed E-state index contributed by atoms with van der Waals surface area (Å²) in [7, 11) is 0. The monoisotopic (exact) mass is 431 g/mol. The molecule has 1 fully saturated rings. The van der Waals surface area contributed by atoms with Gasteiger partial charge in [0.15, 0.2) is 5.65 Å². The summed E-state index contributed by atoms with van der Waals surface area (Å²) in [5.41, 5.74) is 3.21. The molecule has 0 spiro atoms. The molecule has 0 saturated carbocycles. The minimum absolute atomic E-state index is 0.0357. The number of hydrogen-bond acceptors (Lipinski definition) is 6. The molecule has 32 heavy (non-hydrogen) atoms. The molecule has 9 nitrogen and oxygen atoms in total. The zero-order valence-corrected chi connectivity index (χ0v) is 16.9. The number of aromatic nitrogens is 7. The second-order valence-electron chi connectivity index (χ2n) is 7.70. The Morgan fingerprint density at radius 2 is 2.03 bits per heavy atom. The van der Waals surface area contributed by atoms with E-state index in [1.165, 1.54) is 12.1 Å². The number of imidazole rings is 2. The number of hydrogen-bond donors (Lipinski definition) is 1. The SMILES string of the molecule is O=c1[nH]c2c(-c3cccnc3)nc(-n3cnc4ccc(F)cc43)nc2n1C1CCOCC1. The highest BCUT2D eigenvalue weighted by molar-refractivity contribution is 5.88. The van der Waals surface area contributed by atoms with Crippen molar-refractivity contribution in [2.75, 3.05) is 13.2 Å². The summed E-state index contributed by atoms with van der Waals surface area (Å²) in [5.74, 6) is -0.0853. The summed E-state index contributed by atoms with van der Waals surface area (Å²) in [6.07, 6.45) is 6.34. The average molecular weight is 431 g/mol. The van der Waals surface area contributed by atoms with Crippen LogP contribution in [0.5, 0.6) is 0 Å². The predicted molar refractivity (Wildman–Crippen MR) is 115 cm³/mol. The van der Waals surface area contributed by atoms with Crippen molar-refractivity contribution in [1.82, 2.24) is 34.1 Å². The van der Waals surface area contributed by atoms with Gasteiger partial charge < -0.3 is 9.72 Å². The van der Waals surface area contributed by atoms with Crippen molar-refractivity contribution in [2.45, 2.75) is 18.9 Å². The molecule has 0 unspecified atom stereocenters. The minimum Gasteiger partial charge on any atom is -0.381 e. The van der Waals surface area contributed by atoms with E-state index in [1.54, 1.807) is 40.0 Å². The van der Waals surface area contributed by atoms with E-state index < -0.39 is 0 Å². The van der Waals surface area contributed by atoms with Crippen LogP contribution in [0.4, 0.5) is 4.39 Å². The lowest BCUT2D eigenvalue weighted by molar-refractivity contribution is 0.0697. The number of fused-ring (bicyclic) bond motifs is 2. The van der Waals surface area contributed by atoms with E-state index in [0.29, 0.717) is 59.9 Å². The number of ether oxygens (including phenoxy) is 1. The topological polar surface area (TPSA) is 104 Å². The van der Waals surface area contributed by atoms with Crippen LogP contribution in [0.2, 0.25) is 0 Å². The predicted octanol–water partition coefficient (Wildman–Crippen LogP) is 3.01. The normalized spacial score (nSPS) is 15.0. The summed E-state index contributed by atoms with van der Waals surface area (Å²) in [5, 5.41) is 0. The molecule has 1 aliphatic heterocycles. The van der Waals surface area contributed by atoms with Crippen molar-refractivity contribution >= 4 is 22.2 Å². The third-order valence-corrected chi connectivity index (χ3v) is 5.77. The molecule has 10 heteroatoms. The molecular weight excluding hydrogens is 413 g/mol. The van der Waals surface area contributed by atoms with Gasteiger partial charge in [0.25, 0.3) is 0 Å². The fourth-order valence-electron chi connectivity index (χ4n) is 4.23. The standard InChI is InChI=1S/C22H18FN7O2/c23-14-3-4-16-17(10-14)29(12-25-16)21-26-18(13-2-1-7-24-11-13)19-20(28-21)30(22(31)27-19)15-5-8-32-9-6-15/h1-4,7,10-12,15H,5-6,8-9H2,(H,27,31). The Bertz CT molecular complexity index is 1500. The molecule has 0 aliphatic carbocycles. The summed E-state index contributed by atoms with van der Waals surface area (Å²) < 4.78 is 22.7. The van der Waals surface area contributed by atoms with Gasteiger partial charge in [0.2, 0.25) is 5.95 Å². The minimum atomic E-state index is -0.381. The Morgan fingerprint density at radius 1 is 1.16 bits per heavy atom. The first-order chi connectivity index (χ1) is 15.7. The lowest BCUT2D eigenvalue weighted by Gasteiger charge is -2.23. The molecule has 6 rings (SSSR count). The Kier molecular flexibility index (Phi) is 4.32. The van der Waals surface area contributed by atoms with Crippen LogP contribution in [0.15, 0.2) is 53.8 Å². The van der Waals surface area contributed by atoms with E-state index in [2.05, 4.69) is 15.0 Å². The van der Waals surface area contributed by atoms with Crippen LogP contribution in [0.3, 0.4) is 0 Å². The van der Waals surface area contributed by atoms with Crippen molar-refractivity contribution in [1.29, 1.82) is 0 Å². The quantitative estimate of drug-likeness (QED) is 0.471. The van der Waals surface area contributed by atoms with E-state index >= 15 is 0 Å². The maximum Gasteiger partial charge on any atom is 0.327 e. The van der Waals surface area contributed by atoms with Crippen molar-refractivity contribution in [3.63, 3.8) is 0 Å². The third kappa shape index (κ3) is 2.99. The molecule has 0 radical (unpaired) electrons. The van der Waals surface area contributed by atoms with Gasteiger partial charge in [-0.05, 0) is 37.1 Å². The highest BCUT2D eigenvalue weighted by Crippen LogP contribution is 2.29. The highest BCUT2D eigenvalue weighted by atomic mass is 19.1. The third-order valence-electron chi connectivity index (χ3n) is 5.77. The van der Waals surface area contributed by atoms with Crippen LogP contribution in [-0.2, 0) is 4.74 Å². The molecule has 5 aromatic rings. The average Bonchev–Trinajstić information content (AvgIpc) is 3.39. The van der Waals surface area contributed by atoms with Gasteiger partial charge in [-0.25, -0.2) is 19.2 Å². The van der Waals surface area contributed by atoms with E-state index in [4.69, 9.17) is 14.7 Å². The van der Waals surface area contributed by atoms with Gasteiger partial charge in [-0.1, -0.05) is 0 Å². The van der Waals surface area contributed by atoms with Gasteiger partial charge in [0.05, 0.1) is 11.0 Å². The lowest BCUT2D eigenvalue weighted by atomic mass is 10.1. The van der Waals surface area contributed by atoms with Crippen LogP contribution >= 0.6 is 0 Å². The van der Waals surface area contributed by atoms with E-state index in [9.17, 15) is 9.18 Å². The first kappa shape index (κ1) is 18.8. The number of nitrogens with zero attached hydrogens (tertiary/aromatic N) is 6. The van der Waals surface area contributed by atoms with Crippen molar-refractivity contribution in [3.05, 3.63) is 65.4 Å². The van der Waals surface area contributed by atoms with Gasteiger partial charge in [0, 0.05) is 43.3 Å². The van der Waals surface area contributed by atoms with E-state index in [1.807, 2.05) is 6.07 Å². The van der Waals surface area contributed by atoms with E-state index in [0.717, 1.165) is 5.56 Å². The van der Waals surface area contributed by atoms with Gasteiger partial charge in [0.1, 0.15) is 23.4 Å². The Labute approximate surface area is 180 Å². The Balaban J connectivity index is 1.65. The largest absolute Gasteiger partial charge is 0.381 e. The van der Waals surface area contributed by atoms with Gasteiger partial charge in [-0.2, -0.15) is 4.98 Å². The van der Waals surface area contributed by atoms with E-state index in [-0.39, 0.29) is 17.5 Å². The molecule has 1 aliphatic rings. The fraction of sp³-hybridized carbons (Fsp3) is 0.227. The Morgan fingerprint density at radius 3 is 2.84 bits per heavy atom. The molecule has 5 heterocycles. The summed E-state index contributed by atoms with van der Waals surface area (Å²) >= 11 is 0. The van der Waals surface area contributed by atoms with Crippen LogP contribution in [0.25, 0.3) is 39.4 Å². The Hall–Kier alpha value is -3.92. The second-order valence-corrected chi connectivity index (χ2v) is 7.70. The number of pyridine rings is 1. The number of nitrogens with one attached hydrogen (secondary N) is 1. The molecule has 0 bridgehead atoms. The molecular formula is C22H18FN7O2. The molecule has 1 N–H and O–H groups in total. The smallest absolute Gasteiger partial charge is 0.327 e. The lowest BCUT2D eigenvalue weighted by Crippen LogP contribution is -2.27. The van der Waals surface area contributed by atoms with Crippen LogP contribution in [0.1, 0.15) is 18.9 Å². The molecule has 160 valence electrons. The highest BCUT2D eigenvalue weighted by Gasteiger charge is 2.24. The number of benzene rings is 1. The number of rotatable bonds is 3.